The summed E-state index contributed by atoms with van der Waals surface area (Å²) >= 11 is 7.34. The molecule has 60 valence electrons. The molecular formula is C7H9ClN2S. The lowest BCUT2D eigenvalue weighted by atomic mass is 10.3. The molecule has 1 heterocycles. The third-order valence-electron chi connectivity index (χ3n) is 1.35. The van der Waals surface area contributed by atoms with Crippen molar-refractivity contribution in [3.8, 4) is 0 Å². The Morgan fingerprint density at radius 3 is 2.91 bits per heavy atom. The Bertz CT molecular complexity index is 252. The summed E-state index contributed by atoms with van der Waals surface area (Å²) in [7, 11) is 0. The zero-order valence-corrected chi connectivity index (χ0v) is 8.04. The maximum Gasteiger partial charge on any atom is 0.222 e. The predicted molar refractivity (Wildman–Crippen MR) is 49.0 cm³/mol. The van der Waals surface area contributed by atoms with Gasteiger partial charge < -0.3 is 0 Å². The first-order valence-electron chi connectivity index (χ1n) is 3.21. The standard InChI is InChI=1S/C7H9ClN2S/c1-5-6(4-11-2)3-9-7(8)10-5/h3H,4H2,1-2H3. The minimum absolute atomic E-state index is 0.326. The van der Waals surface area contributed by atoms with E-state index >= 15 is 0 Å². The molecule has 0 fully saturated rings. The van der Waals surface area contributed by atoms with E-state index in [0.717, 1.165) is 17.0 Å². The minimum atomic E-state index is 0.326. The number of nitrogens with zero attached hydrogens (tertiary/aromatic N) is 2. The van der Waals surface area contributed by atoms with Gasteiger partial charge in [0.1, 0.15) is 0 Å². The summed E-state index contributed by atoms with van der Waals surface area (Å²) in [6.07, 6.45) is 3.83. The molecule has 0 atom stereocenters. The fourth-order valence-corrected chi connectivity index (χ4v) is 1.53. The molecule has 0 saturated heterocycles. The average molecular weight is 189 g/mol. The summed E-state index contributed by atoms with van der Waals surface area (Å²) < 4.78 is 0. The number of hydrogen-bond acceptors (Lipinski definition) is 3. The zero-order valence-electron chi connectivity index (χ0n) is 6.47. The van der Waals surface area contributed by atoms with Crippen LogP contribution in [-0.2, 0) is 5.75 Å². The van der Waals surface area contributed by atoms with Crippen LogP contribution >= 0.6 is 23.4 Å². The molecular weight excluding hydrogens is 180 g/mol. The number of rotatable bonds is 2. The molecule has 1 aromatic heterocycles. The van der Waals surface area contributed by atoms with E-state index in [1.807, 2.05) is 13.2 Å². The van der Waals surface area contributed by atoms with Crippen molar-refractivity contribution in [2.75, 3.05) is 6.26 Å². The highest BCUT2D eigenvalue weighted by molar-refractivity contribution is 7.97. The molecule has 1 aromatic rings. The number of halogens is 1. The second-order valence-corrected chi connectivity index (χ2v) is 3.39. The van der Waals surface area contributed by atoms with Crippen molar-refractivity contribution in [2.45, 2.75) is 12.7 Å². The van der Waals surface area contributed by atoms with E-state index < -0.39 is 0 Å². The van der Waals surface area contributed by atoms with E-state index in [0.29, 0.717) is 5.28 Å². The molecule has 1 rings (SSSR count). The summed E-state index contributed by atoms with van der Waals surface area (Å²) in [5, 5.41) is 0.326. The Morgan fingerprint density at radius 1 is 1.64 bits per heavy atom. The van der Waals surface area contributed by atoms with Gasteiger partial charge in [-0.15, -0.1) is 0 Å². The Morgan fingerprint density at radius 2 is 2.36 bits per heavy atom. The van der Waals surface area contributed by atoms with Crippen molar-refractivity contribution in [3.63, 3.8) is 0 Å². The highest BCUT2D eigenvalue weighted by Gasteiger charge is 1.99. The summed E-state index contributed by atoms with van der Waals surface area (Å²) in [6.45, 7) is 1.94. The Hall–Kier alpha value is -0.280. The zero-order chi connectivity index (χ0) is 8.27. The van der Waals surface area contributed by atoms with Crippen LogP contribution in [0, 0.1) is 6.92 Å². The maximum atomic E-state index is 5.59. The van der Waals surface area contributed by atoms with Crippen molar-refractivity contribution in [1.29, 1.82) is 0 Å². The molecule has 2 nitrogen and oxygen atoms in total. The third-order valence-corrected chi connectivity index (χ3v) is 2.13. The van der Waals surface area contributed by atoms with E-state index in [-0.39, 0.29) is 0 Å². The quantitative estimate of drug-likeness (QED) is 0.667. The van der Waals surface area contributed by atoms with Crippen LogP contribution in [-0.4, -0.2) is 16.2 Å². The van der Waals surface area contributed by atoms with E-state index in [1.54, 1.807) is 18.0 Å². The van der Waals surface area contributed by atoms with E-state index in [2.05, 4.69) is 9.97 Å². The van der Waals surface area contributed by atoms with E-state index in [9.17, 15) is 0 Å². The molecule has 0 saturated carbocycles. The normalized spacial score (nSPS) is 10.1. The van der Waals surface area contributed by atoms with Gasteiger partial charge in [0.2, 0.25) is 5.28 Å². The van der Waals surface area contributed by atoms with Crippen molar-refractivity contribution >= 4 is 23.4 Å². The number of aromatic nitrogens is 2. The number of aryl methyl sites for hydroxylation is 1. The Labute approximate surface area is 75.4 Å². The third kappa shape index (κ3) is 2.34. The number of hydrogen-bond donors (Lipinski definition) is 0. The summed E-state index contributed by atoms with van der Waals surface area (Å²) in [6, 6.07) is 0. The molecule has 0 aliphatic rings. The van der Waals surface area contributed by atoms with Crippen LogP contribution in [0.4, 0.5) is 0 Å². The fraction of sp³-hybridized carbons (Fsp3) is 0.429. The predicted octanol–water partition coefficient (Wildman–Crippen LogP) is 2.30. The second-order valence-electron chi connectivity index (χ2n) is 2.18. The van der Waals surface area contributed by atoms with Crippen LogP contribution in [0.15, 0.2) is 6.20 Å². The van der Waals surface area contributed by atoms with Gasteiger partial charge in [0.15, 0.2) is 0 Å². The lowest BCUT2D eigenvalue weighted by molar-refractivity contribution is 1.05. The molecule has 11 heavy (non-hydrogen) atoms. The Balaban J connectivity index is 2.90. The highest BCUT2D eigenvalue weighted by atomic mass is 35.5. The first-order valence-corrected chi connectivity index (χ1v) is 4.98. The monoisotopic (exact) mass is 188 g/mol. The van der Waals surface area contributed by atoms with Crippen molar-refractivity contribution in [2.24, 2.45) is 0 Å². The van der Waals surface area contributed by atoms with Gasteiger partial charge >= 0.3 is 0 Å². The molecule has 0 N–H and O–H groups in total. The summed E-state index contributed by atoms with van der Waals surface area (Å²) in [4.78, 5) is 7.93. The first-order chi connectivity index (χ1) is 5.24. The summed E-state index contributed by atoms with van der Waals surface area (Å²) in [5.74, 6) is 0.947. The molecule has 4 heteroatoms. The molecule has 0 aliphatic heterocycles. The summed E-state index contributed by atoms with van der Waals surface area (Å²) in [5.41, 5.74) is 2.13. The van der Waals surface area contributed by atoms with Gasteiger partial charge in [-0.25, -0.2) is 9.97 Å². The molecule has 0 bridgehead atoms. The van der Waals surface area contributed by atoms with Crippen LogP contribution < -0.4 is 0 Å². The van der Waals surface area contributed by atoms with Gasteiger partial charge in [-0.1, -0.05) is 0 Å². The van der Waals surface area contributed by atoms with E-state index in [1.165, 1.54) is 0 Å². The molecule has 0 aliphatic carbocycles. The van der Waals surface area contributed by atoms with Gasteiger partial charge in [0.25, 0.3) is 0 Å². The van der Waals surface area contributed by atoms with Crippen molar-refractivity contribution in [3.05, 3.63) is 22.7 Å². The second kappa shape index (κ2) is 3.93. The van der Waals surface area contributed by atoms with Crippen molar-refractivity contribution in [1.82, 2.24) is 9.97 Å². The minimum Gasteiger partial charge on any atom is -0.226 e. The smallest absolute Gasteiger partial charge is 0.222 e. The number of thioether (sulfide) groups is 1. The van der Waals surface area contributed by atoms with Gasteiger partial charge in [-0.2, -0.15) is 11.8 Å². The first kappa shape index (κ1) is 8.81. The largest absolute Gasteiger partial charge is 0.226 e. The van der Waals surface area contributed by atoms with Crippen molar-refractivity contribution < 1.29 is 0 Å². The molecule has 0 unspecified atom stereocenters. The highest BCUT2D eigenvalue weighted by Crippen LogP contribution is 2.12. The topological polar surface area (TPSA) is 25.8 Å². The molecule has 0 radical (unpaired) electrons. The molecule has 0 spiro atoms. The van der Waals surface area contributed by atoms with Gasteiger partial charge in [0, 0.05) is 23.2 Å². The van der Waals surface area contributed by atoms with Crippen LogP contribution in [0.2, 0.25) is 5.28 Å². The lowest BCUT2D eigenvalue weighted by Gasteiger charge is -2.00. The Kier molecular flexibility index (Phi) is 3.15. The maximum absolute atomic E-state index is 5.59. The lowest BCUT2D eigenvalue weighted by Crippen LogP contribution is -1.93. The van der Waals surface area contributed by atoms with Crippen LogP contribution in [0.25, 0.3) is 0 Å². The SMILES string of the molecule is CSCc1cnc(Cl)nc1C. The molecule has 0 aromatic carbocycles. The van der Waals surface area contributed by atoms with Gasteiger partial charge in [-0.05, 0) is 24.8 Å². The van der Waals surface area contributed by atoms with Crippen LogP contribution in [0.1, 0.15) is 11.3 Å². The molecule has 0 amide bonds. The van der Waals surface area contributed by atoms with E-state index in [4.69, 9.17) is 11.6 Å². The van der Waals surface area contributed by atoms with Crippen LogP contribution in [0.3, 0.4) is 0 Å². The van der Waals surface area contributed by atoms with Gasteiger partial charge in [0.05, 0.1) is 0 Å². The fourth-order valence-electron chi connectivity index (χ4n) is 0.761. The van der Waals surface area contributed by atoms with Gasteiger partial charge in [-0.3, -0.25) is 0 Å². The van der Waals surface area contributed by atoms with Crippen LogP contribution in [0.5, 0.6) is 0 Å². The average Bonchev–Trinajstić information content (AvgIpc) is 1.95.